The fourth-order valence-electron chi connectivity index (χ4n) is 2.01. The summed E-state index contributed by atoms with van der Waals surface area (Å²) in [5.41, 5.74) is 4.09. The highest BCUT2D eigenvalue weighted by Gasteiger charge is 2.25. The molecule has 3 heteroatoms. The van der Waals surface area contributed by atoms with Crippen LogP contribution in [0.25, 0.3) is 0 Å². The molecule has 1 heterocycles. The number of nitrogens with two attached hydrogens (primary N) is 1. The summed E-state index contributed by atoms with van der Waals surface area (Å²) in [4.78, 5) is 0. The quantitative estimate of drug-likeness (QED) is 0.550. The molecule has 1 aromatic carbocycles. The van der Waals surface area contributed by atoms with E-state index in [1.54, 1.807) is 0 Å². The summed E-state index contributed by atoms with van der Waals surface area (Å²) in [6.45, 7) is 2.89. The Morgan fingerprint density at radius 1 is 1.50 bits per heavy atom. The summed E-state index contributed by atoms with van der Waals surface area (Å²) >= 11 is 0. The van der Waals surface area contributed by atoms with E-state index in [0.717, 1.165) is 18.8 Å². The van der Waals surface area contributed by atoms with Gasteiger partial charge < -0.3 is 4.74 Å². The minimum absolute atomic E-state index is 0.292. The number of nitrogens with one attached hydrogen (secondary N) is 1. The van der Waals surface area contributed by atoms with Gasteiger partial charge in [-0.3, -0.25) is 11.3 Å². The third-order valence-electron chi connectivity index (χ3n) is 2.87. The fourth-order valence-corrected chi connectivity index (χ4v) is 2.01. The van der Waals surface area contributed by atoms with Crippen molar-refractivity contribution in [3.05, 3.63) is 29.8 Å². The number of para-hydroxylation sites is 1. The molecule has 0 bridgehead atoms. The highest BCUT2D eigenvalue weighted by Crippen LogP contribution is 2.34. The third-order valence-corrected chi connectivity index (χ3v) is 2.87. The van der Waals surface area contributed by atoms with E-state index in [9.17, 15) is 0 Å². The highest BCUT2D eigenvalue weighted by atomic mass is 16.5. The summed E-state index contributed by atoms with van der Waals surface area (Å²) in [5, 5.41) is 0. The molecule has 2 unspecified atom stereocenters. The van der Waals surface area contributed by atoms with Crippen LogP contribution in [0.2, 0.25) is 0 Å². The monoisotopic (exact) mass is 192 g/mol. The Balaban J connectivity index is 2.30. The van der Waals surface area contributed by atoms with Gasteiger partial charge in [0.25, 0.3) is 0 Å². The SMILES string of the molecule is CC(NN)C1CCOc2ccccc21. The van der Waals surface area contributed by atoms with Gasteiger partial charge in [0, 0.05) is 12.0 Å². The lowest BCUT2D eigenvalue weighted by molar-refractivity contribution is 0.249. The molecular formula is C11H16N2O. The van der Waals surface area contributed by atoms with E-state index in [2.05, 4.69) is 18.4 Å². The van der Waals surface area contributed by atoms with Crippen LogP contribution in [0.4, 0.5) is 0 Å². The molecule has 3 nitrogen and oxygen atoms in total. The van der Waals surface area contributed by atoms with E-state index in [1.165, 1.54) is 5.56 Å². The predicted octanol–water partition coefficient (Wildman–Crippen LogP) is 1.40. The zero-order valence-electron chi connectivity index (χ0n) is 8.36. The van der Waals surface area contributed by atoms with Crippen molar-refractivity contribution in [2.24, 2.45) is 5.84 Å². The van der Waals surface area contributed by atoms with Gasteiger partial charge in [0.05, 0.1) is 6.61 Å². The first-order valence-electron chi connectivity index (χ1n) is 5.01. The maximum atomic E-state index is 5.58. The van der Waals surface area contributed by atoms with Gasteiger partial charge in [-0.15, -0.1) is 0 Å². The van der Waals surface area contributed by atoms with Crippen molar-refractivity contribution in [1.29, 1.82) is 0 Å². The summed E-state index contributed by atoms with van der Waals surface area (Å²) in [5.74, 6) is 6.94. The minimum Gasteiger partial charge on any atom is -0.493 e. The molecule has 2 rings (SSSR count). The van der Waals surface area contributed by atoms with Crippen LogP contribution in [0.1, 0.15) is 24.8 Å². The zero-order valence-corrected chi connectivity index (χ0v) is 8.36. The van der Waals surface area contributed by atoms with Crippen molar-refractivity contribution >= 4 is 0 Å². The number of hydrogen-bond acceptors (Lipinski definition) is 3. The van der Waals surface area contributed by atoms with Gasteiger partial charge in [-0.25, -0.2) is 0 Å². The Bertz CT molecular complexity index is 314. The molecule has 0 fully saturated rings. The number of rotatable bonds is 2. The Morgan fingerprint density at radius 3 is 3.07 bits per heavy atom. The maximum Gasteiger partial charge on any atom is 0.122 e. The van der Waals surface area contributed by atoms with E-state index < -0.39 is 0 Å². The minimum atomic E-state index is 0.292. The third kappa shape index (κ3) is 1.61. The largest absolute Gasteiger partial charge is 0.493 e. The van der Waals surface area contributed by atoms with E-state index >= 15 is 0 Å². The number of hydrazine groups is 1. The molecule has 0 saturated carbocycles. The molecule has 0 radical (unpaired) electrons. The molecule has 0 amide bonds. The van der Waals surface area contributed by atoms with Crippen molar-refractivity contribution in [3.8, 4) is 5.75 Å². The molecular weight excluding hydrogens is 176 g/mol. The van der Waals surface area contributed by atoms with Crippen LogP contribution < -0.4 is 16.0 Å². The van der Waals surface area contributed by atoms with Crippen molar-refractivity contribution in [2.45, 2.75) is 25.3 Å². The smallest absolute Gasteiger partial charge is 0.122 e. The second-order valence-corrected chi connectivity index (χ2v) is 3.74. The number of benzene rings is 1. The number of hydrogen-bond donors (Lipinski definition) is 2. The molecule has 1 aromatic rings. The van der Waals surface area contributed by atoms with Crippen molar-refractivity contribution in [1.82, 2.24) is 5.43 Å². The molecule has 1 aliphatic heterocycles. The van der Waals surface area contributed by atoms with Gasteiger partial charge >= 0.3 is 0 Å². The first-order chi connectivity index (χ1) is 6.83. The Kier molecular flexibility index (Phi) is 2.70. The van der Waals surface area contributed by atoms with Crippen LogP contribution in [0.15, 0.2) is 24.3 Å². The van der Waals surface area contributed by atoms with Crippen molar-refractivity contribution in [2.75, 3.05) is 6.61 Å². The number of ether oxygens (including phenoxy) is 1. The molecule has 0 spiro atoms. The van der Waals surface area contributed by atoms with Crippen LogP contribution in [-0.4, -0.2) is 12.6 Å². The summed E-state index contributed by atoms with van der Waals surface area (Å²) in [6, 6.07) is 8.48. The van der Waals surface area contributed by atoms with E-state index in [4.69, 9.17) is 10.6 Å². The van der Waals surface area contributed by atoms with E-state index in [0.29, 0.717) is 12.0 Å². The van der Waals surface area contributed by atoms with Crippen LogP contribution in [0.5, 0.6) is 5.75 Å². The molecule has 0 aliphatic carbocycles. The molecule has 3 N–H and O–H groups in total. The highest BCUT2D eigenvalue weighted by molar-refractivity contribution is 5.38. The zero-order chi connectivity index (χ0) is 9.97. The van der Waals surface area contributed by atoms with Crippen molar-refractivity contribution < 1.29 is 4.74 Å². The molecule has 0 aromatic heterocycles. The second kappa shape index (κ2) is 3.98. The Labute approximate surface area is 84.2 Å². The molecule has 14 heavy (non-hydrogen) atoms. The standard InChI is InChI=1S/C11H16N2O/c1-8(13-12)9-6-7-14-11-5-3-2-4-10(9)11/h2-5,8-9,13H,6-7,12H2,1H3. The lowest BCUT2D eigenvalue weighted by Gasteiger charge is -2.29. The molecule has 2 atom stereocenters. The fraction of sp³-hybridized carbons (Fsp3) is 0.455. The van der Waals surface area contributed by atoms with Gasteiger partial charge in [0.15, 0.2) is 0 Å². The summed E-state index contributed by atoms with van der Waals surface area (Å²) in [7, 11) is 0. The van der Waals surface area contributed by atoms with Crippen LogP contribution in [0, 0.1) is 0 Å². The average Bonchev–Trinajstić information content (AvgIpc) is 2.27. The van der Waals surface area contributed by atoms with Crippen molar-refractivity contribution in [3.63, 3.8) is 0 Å². The van der Waals surface area contributed by atoms with Gasteiger partial charge in [-0.05, 0) is 25.0 Å². The first-order valence-corrected chi connectivity index (χ1v) is 5.01. The molecule has 0 saturated heterocycles. The lowest BCUT2D eigenvalue weighted by Crippen LogP contribution is -2.39. The first kappa shape index (κ1) is 9.49. The van der Waals surface area contributed by atoms with Gasteiger partial charge in [0.2, 0.25) is 0 Å². The lowest BCUT2D eigenvalue weighted by atomic mass is 9.88. The Morgan fingerprint density at radius 2 is 2.29 bits per heavy atom. The molecule has 76 valence electrons. The number of fused-ring (bicyclic) bond motifs is 1. The maximum absolute atomic E-state index is 5.58. The van der Waals surface area contributed by atoms with E-state index in [-0.39, 0.29) is 0 Å². The Hall–Kier alpha value is -1.06. The predicted molar refractivity (Wildman–Crippen MR) is 56.1 cm³/mol. The van der Waals surface area contributed by atoms with Gasteiger partial charge in [-0.1, -0.05) is 18.2 Å². The van der Waals surface area contributed by atoms with Gasteiger partial charge in [-0.2, -0.15) is 0 Å². The van der Waals surface area contributed by atoms with Crippen LogP contribution in [0.3, 0.4) is 0 Å². The summed E-state index contributed by atoms with van der Waals surface area (Å²) < 4.78 is 5.58. The van der Waals surface area contributed by atoms with Crippen LogP contribution >= 0.6 is 0 Å². The molecule has 1 aliphatic rings. The van der Waals surface area contributed by atoms with Crippen LogP contribution in [-0.2, 0) is 0 Å². The second-order valence-electron chi connectivity index (χ2n) is 3.74. The normalized spacial score (nSPS) is 22.3. The average molecular weight is 192 g/mol. The van der Waals surface area contributed by atoms with E-state index in [1.807, 2.05) is 18.2 Å². The van der Waals surface area contributed by atoms with Gasteiger partial charge in [0.1, 0.15) is 5.75 Å². The topological polar surface area (TPSA) is 47.3 Å². The summed E-state index contributed by atoms with van der Waals surface area (Å²) in [6.07, 6.45) is 1.03.